The Morgan fingerprint density at radius 3 is 1.71 bits per heavy atom. The van der Waals surface area contributed by atoms with Gasteiger partial charge in [0.2, 0.25) is 11.8 Å². The van der Waals surface area contributed by atoms with E-state index in [1.54, 1.807) is 12.1 Å². The molecule has 0 aliphatic heterocycles. The van der Waals surface area contributed by atoms with Gasteiger partial charge in [0.05, 0.1) is 16.8 Å². The molecule has 3 rings (SSSR count). The van der Waals surface area contributed by atoms with Crippen LogP contribution in [0, 0.1) is 22.0 Å². The van der Waals surface area contributed by atoms with Gasteiger partial charge in [-0.1, -0.05) is 28.1 Å². The molecule has 1 aliphatic carbocycles. The van der Waals surface area contributed by atoms with Crippen LogP contribution in [0.3, 0.4) is 0 Å². The third kappa shape index (κ3) is 4.83. The summed E-state index contributed by atoms with van der Waals surface area (Å²) in [6.45, 7) is 0. The number of benzene rings is 2. The fraction of sp³-hybridized carbons (Fsp3) is 0.200. The van der Waals surface area contributed by atoms with E-state index in [0.29, 0.717) is 24.2 Å². The van der Waals surface area contributed by atoms with Crippen molar-refractivity contribution in [2.24, 2.45) is 11.8 Å². The number of nitro benzene ring substituents is 1. The molecule has 0 radical (unpaired) electrons. The number of nitrogens with one attached hydrogen (secondary N) is 2. The van der Waals surface area contributed by atoms with Gasteiger partial charge in [-0.05, 0) is 49.2 Å². The molecule has 7 nitrogen and oxygen atoms in total. The fourth-order valence-electron chi connectivity index (χ4n) is 3.06. The molecule has 2 aromatic rings. The number of carbonyl (C=O) groups is 2. The summed E-state index contributed by atoms with van der Waals surface area (Å²) in [5.74, 6) is -1.51. The topological polar surface area (TPSA) is 101 Å². The predicted octanol–water partition coefficient (Wildman–Crippen LogP) is 4.52. The van der Waals surface area contributed by atoms with Crippen LogP contribution in [0.5, 0.6) is 0 Å². The van der Waals surface area contributed by atoms with Crippen LogP contribution in [-0.2, 0) is 9.59 Å². The summed E-state index contributed by atoms with van der Waals surface area (Å²) < 4.78 is 0.909. The molecule has 0 spiro atoms. The lowest BCUT2D eigenvalue weighted by molar-refractivity contribution is -0.384. The lowest BCUT2D eigenvalue weighted by Crippen LogP contribution is -2.37. The van der Waals surface area contributed by atoms with Gasteiger partial charge in [0.15, 0.2) is 0 Å². The van der Waals surface area contributed by atoms with Crippen LogP contribution in [0.15, 0.2) is 65.2 Å². The number of nitro groups is 1. The molecule has 0 heterocycles. The lowest BCUT2D eigenvalue weighted by Gasteiger charge is -2.26. The molecule has 2 atom stereocenters. The number of non-ortho nitro benzene ring substituents is 1. The molecular weight excluding hydrogens is 426 g/mol. The Labute approximate surface area is 170 Å². The number of hydrogen-bond donors (Lipinski definition) is 2. The molecule has 28 heavy (non-hydrogen) atoms. The zero-order chi connectivity index (χ0) is 20.1. The highest BCUT2D eigenvalue weighted by Gasteiger charge is 2.34. The SMILES string of the molecule is O=C(Nc1ccc(Br)cc1)C1CC=CCC1C(=O)Nc1ccc([N+](=O)[O-])cc1. The van der Waals surface area contributed by atoms with E-state index in [9.17, 15) is 19.7 Å². The van der Waals surface area contributed by atoms with Gasteiger partial charge in [-0.2, -0.15) is 0 Å². The first-order valence-corrected chi connectivity index (χ1v) is 9.50. The van der Waals surface area contributed by atoms with Crippen molar-refractivity contribution in [3.63, 3.8) is 0 Å². The van der Waals surface area contributed by atoms with E-state index in [4.69, 9.17) is 0 Å². The third-order valence-electron chi connectivity index (χ3n) is 4.56. The van der Waals surface area contributed by atoms with Crippen LogP contribution in [0.25, 0.3) is 0 Å². The zero-order valence-corrected chi connectivity index (χ0v) is 16.4. The number of halogens is 1. The van der Waals surface area contributed by atoms with E-state index < -0.39 is 16.8 Å². The number of amides is 2. The van der Waals surface area contributed by atoms with Gasteiger partial charge in [-0.3, -0.25) is 19.7 Å². The minimum absolute atomic E-state index is 0.0506. The summed E-state index contributed by atoms with van der Waals surface area (Å²) in [6, 6.07) is 12.8. The summed E-state index contributed by atoms with van der Waals surface area (Å²) in [4.78, 5) is 35.7. The van der Waals surface area contributed by atoms with Gasteiger partial charge in [0.25, 0.3) is 5.69 Å². The highest BCUT2D eigenvalue weighted by atomic mass is 79.9. The minimum atomic E-state index is -0.518. The molecule has 1 aliphatic rings. The second kappa shape index (κ2) is 8.79. The number of anilines is 2. The van der Waals surface area contributed by atoms with E-state index in [0.717, 1.165) is 4.47 Å². The Morgan fingerprint density at radius 2 is 1.29 bits per heavy atom. The van der Waals surface area contributed by atoms with Crippen LogP contribution in [0.4, 0.5) is 17.1 Å². The average molecular weight is 444 g/mol. The van der Waals surface area contributed by atoms with E-state index in [1.807, 2.05) is 24.3 Å². The molecular formula is C20H18BrN3O4. The summed E-state index contributed by atoms with van der Waals surface area (Å²) in [6.07, 6.45) is 4.73. The van der Waals surface area contributed by atoms with Crippen LogP contribution in [-0.4, -0.2) is 16.7 Å². The quantitative estimate of drug-likeness (QED) is 0.402. The van der Waals surface area contributed by atoms with Crippen molar-refractivity contribution in [3.05, 3.63) is 75.3 Å². The smallest absolute Gasteiger partial charge is 0.269 e. The fourth-order valence-corrected chi connectivity index (χ4v) is 3.33. The van der Waals surface area contributed by atoms with Crippen molar-refractivity contribution in [1.29, 1.82) is 0 Å². The number of nitrogens with zero attached hydrogens (tertiary/aromatic N) is 1. The molecule has 8 heteroatoms. The molecule has 0 saturated heterocycles. The highest BCUT2D eigenvalue weighted by molar-refractivity contribution is 9.10. The number of hydrogen-bond acceptors (Lipinski definition) is 4. The van der Waals surface area contributed by atoms with Crippen molar-refractivity contribution in [2.75, 3.05) is 10.6 Å². The first kappa shape index (κ1) is 19.8. The first-order valence-electron chi connectivity index (χ1n) is 8.71. The predicted molar refractivity (Wildman–Crippen MR) is 110 cm³/mol. The van der Waals surface area contributed by atoms with E-state index in [-0.39, 0.29) is 17.5 Å². The van der Waals surface area contributed by atoms with Crippen molar-refractivity contribution in [1.82, 2.24) is 0 Å². The van der Waals surface area contributed by atoms with Gasteiger partial charge >= 0.3 is 0 Å². The third-order valence-corrected chi connectivity index (χ3v) is 5.09. The average Bonchev–Trinajstić information content (AvgIpc) is 2.70. The highest BCUT2D eigenvalue weighted by Crippen LogP contribution is 2.29. The van der Waals surface area contributed by atoms with Gasteiger partial charge in [-0.15, -0.1) is 0 Å². The second-order valence-electron chi connectivity index (χ2n) is 6.45. The summed E-state index contributed by atoms with van der Waals surface area (Å²) in [7, 11) is 0. The number of carbonyl (C=O) groups excluding carboxylic acids is 2. The van der Waals surface area contributed by atoms with E-state index >= 15 is 0 Å². The molecule has 0 bridgehead atoms. The maximum Gasteiger partial charge on any atom is 0.269 e. The molecule has 0 aromatic heterocycles. The second-order valence-corrected chi connectivity index (χ2v) is 7.36. The monoisotopic (exact) mass is 443 g/mol. The van der Waals surface area contributed by atoms with Gasteiger partial charge in [0, 0.05) is 28.0 Å². The van der Waals surface area contributed by atoms with Crippen molar-refractivity contribution < 1.29 is 14.5 Å². The van der Waals surface area contributed by atoms with Gasteiger partial charge < -0.3 is 10.6 Å². The van der Waals surface area contributed by atoms with Crippen LogP contribution in [0.2, 0.25) is 0 Å². The molecule has 2 unspecified atom stereocenters. The number of rotatable bonds is 5. The summed E-state index contributed by atoms with van der Waals surface area (Å²) in [5, 5.41) is 16.3. The Morgan fingerprint density at radius 1 is 0.857 bits per heavy atom. The van der Waals surface area contributed by atoms with Crippen molar-refractivity contribution in [3.8, 4) is 0 Å². The van der Waals surface area contributed by atoms with Crippen LogP contribution < -0.4 is 10.6 Å². The van der Waals surface area contributed by atoms with E-state index in [1.165, 1.54) is 24.3 Å². The normalized spacial score (nSPS) is 18.3. The molecule has 2 aromatic carbocycles. The lowest BCUT2D eigenvalue weighted by atomic mass is 9.81. The number of allylic oxidation sites excluding steroid dienone is 2. The van der Waals surface area contributed by atoms with Gasteiger partial charge in [-0.25, -0.2) is 0 Å². The molecule has 144 valence electrons. The Hall–Kier alpha value is -3.00. The van der Waals surface area contributed by atoms with Crippen molar-refractivity contribution >= 4 is 44.8 Å². The van der Waals surface area contributed by atoms with Crippen LogP contribution >= 0.6 is 15.9 Å². The molecule has 0 saturated carbocycles. The summed E-state index contributed by atoms with van der Waals surface area (Å²) in [5.41, 5.74) is 1.07. The maximum absolute atomic E-state index is 12.7. The largest absolute Gasteiger partial charge is 0.326 e. The Balaban J connectivity index is 1.68. The Bertz CT molecular complexity index is 910. The minimum Gasteiger partial charge on any atom is -0.326 e. The van der Waals surface area contributed by atoms with Crippen LogP contribution in [0.1, 0.15) is 12.8 Å². The molecule has 0 fully saturated rings. The maximum atomic E-state index is 12.7. The molecule has 2 amide bonds. The standard InChI is InChI=1S/C20H18BrN3O4/c21-13-5-7-14(8-6-13)22-19(25)17-3-1-2-4-18(17)20(26)23-15-9-11-16(12-10-15)24(27)28/h1-2,5-12,17-18H,3-4H2,(H,22,25)(H,23,26). The zero-order valence-electron chi connectivity index (χ0n) is 14.8. The van der Waals surface area contributed by atoms with Crippen molar-refractivity contribution in [2.45, 2.75) is 12.8 Å². The first-order chi connectivity index (χ1) is 13.4. The molecule has 2 N–H and O–H groups in total. The Kier molecular flexibility index (Phi) is 6.20. The van der Waals surface area contributed by atoms with Gasteiger partial charge in [0.1, 0.15) is 0 Å². The van der Waals surface area contributed by atoms with E-state index in [2.05, 4.69) is 26.6 Å². The summed E-state index contributed by atoms with van der Waals surface area (Å²) >= 11 is 3.35.